The molecule has 0 radical (unpaired) electrons. The van der Waals surface area contributed by atoms with Crippen LogP contribution in [0.25, 0.3) is 0 Å². The van der Waals surface area contributed by atoms with Gasteiger partial charge in [-0.25, -0.2) is 4.79 Å². The van der Waals surface area contributed by atoms with Crippen LogP contribution in [0.3, 0.4) is 0 Å². The van der Waals surface area contributed by atoms with Crippen LogP contribution < -0.4 is 4.90 Å². The molecule has 20 heavy (non-hydrogen) atoms. The molecule has 0 spiro atoms. The Hall–Kier alpha value is -2.05. The first-order chi connectivity index (χ1) is 9.49. The summed E-state index contributed by atoms with van der Waals surface area (Å²) in [5, 5.41) is 4.13. The van der Waals surface area contributed by atoms with E-state index in [1.54, 1.807) is 34.8 Å². The molecule has 0 saturated carbocycles. The zero-order chi connectivity index (χ0) is 14.4. The second-order valence-corrected chi connectivity index (χ2v) is 5.63. The molecule has 108 valence electrons. The van der Waals surface area contributed by atoms with Gasteiger partial charge in [-0.15, -0.1) is 0 Å². The summed E-state index contributed by atoms with van der Waals surface area (Å²) in [6.45, 7) is 0.705. The number of carbonyl (C=O) groups is 2. The van der Waals surface area contributed by atoms with E-state index in [0.717, 1.165) is 12.1 Å². The molecule has 0 aliphatic carbocycles. The van der Waals surface area contributed by atoms with Gasteiger partial charge in [-0.1, -0.05) is 0 Å². The number of carbonyl (C=O) groups excluding carboxylic acids is 2. The summed E-state index contributed by atoms with van der Waals surface area (Å²) < 4.78 is 1.69. The van der Waals surface area contributed by atoms with Crippen molar-refractivity contribution in [3.8, 4) is 0 Å². The van der Waals surface area contributed by atoms with Crippen LogP contribution >= 0.6 is 0 Å². The quantitative estimate of drug-likeness (QED) is 0.741. The first-order valence-electron chi connectivity index (χ1n) is 6.77. The molecule has 3 heterocycles. The number of aryl methyl sites for hydroxylation is 1. The largest absolute Gasteiger partial charge is 0.331 e. The number of hydrogen-bond donors (Lipinski definition) is 0. The van der Waals surface area contributed by atoms with Crippen molar-refractivity contribution >= 4 is 17.6 Å². The topological polar surface area (TPSA) is 61.7 Å². The highest BCUT2D eigenvalue weighted by Gasteiger charge is 2.49. The highest BCUT2D eigenvalue weighted by molar-refractivity contribution is 5.97. The number of amides is 3. The van der Waals surface area contributed by atoms with Crippen molar-refractivity contribution in [2.45, 2.75) is 24.9 Å². The van der Waals surface area contributed by atoms with Crippen LogP contribution in [0.1, 0.15) is 12.8 Å². The minimum Gasteiger partial charge on any atom is -0.331 e. The second kappa shape index (κ2) is 4.50. The Kier molecular flexibility index (Phi) is 2.92. The predicted molar refractivity (Wildman–Crippen MR) is 73.3 cm³/mol. The molecular weight excluding hydrogens is 258 g/mol. The molecule has 7 heteroatoms. The molecule has 0 bridgehead atoms. The fourth-order valence-electron chi connectivity index (χ4n) is 3.21. The molecule has 0 aromatic carbocycles. The van der Waals surface area contributed by atoms with Crippen LogP contribution in [0, 0.1) is 0 Å². The Morgan fingerprint density at radius 2 is 2.15 bits per heavy atom. The van der Waals surface area contributed by atoms with E-state index >= 15 is 0 Å². The zero-order valence-electron chi connectivity index (χ0n) is 12.0. The first kappa shape index (κ1) is 13.0. The van der Waals surface area contributed by atoms with Gasteiger partial charge in [-0.3, -0.25) is 9.48 Å². The summed E-state index contributed by atoms with van der Waals surface area (Å²) in [4.78, 5) is 29.6. The smallest absolute Gasteiger partial charge is 0.319 e. The maximum Gasteiger partial charge on any atom is 0.319 e. The zero-order valence-corrected chi connectivity index (χ0v) is 12.0. The van der Waals surface area contributed by atoms with Crippen LogP contribution in [-0.2, 0) is 11.8 Å². The maximum atomic E-state index is 12.3. The molecule has 0 N–H and O–H groups in total. The number of anilines is 1. The number of hydrogen-bond acceptors (Lipinski definition) is 3. The van der Waals surface area contributed by atoms with Gasteiger partial charge in [0.15, 0.2) is 0 Å². The van der Waals surface area contributed by atoms with E-state index in [4.69, 9.17) is 0 Å². The molecule has 1 aromatic rings. The minimum atomic E-state index is -0.0161. The third-order valence-electron chi connectivity index (χ3n) is 4.09. The van der Waals surface area contributed by atoms with E-state index in [1.807, 2.05) is 18.1 Å². The summed E-state index contributed by atoms with van der Waals surface area (Å²) in [6.07, 6.45) is 4.78. The third-order valence-corrected chi connectivity index (χ3v) is 4.09. The van der Waals surface area contributed by atoms with Crippen molar-refractivity contribution in [2.24, 2.45) is 7.05 Å². The Morgan fingerprint density at radius 1 is 1.40 bits per heavy atom. The number of aromatic nitrogens is 2. The average Bonchev–Trinajstić information content (AvgIpc) is 3.03. The molecular formula is C13H19N5O2. The number of urea groups is 1. The number of rotatable bonds is 1. The molecule has 1 aromatic heterocycles. The lowest BCUT2D eigenvalue weighted by atomic mass is 10.1. The van der Waals surface area contributed by atoms with Gasteiger partial charge in [-0.2, -0.15) is 5.10 Å². The monoisotopic (exact) mass is 277 g/mol. The van der Waals surface area contributed by atoms with E-state index in [0.29, 0.717) is 13.0 Å². The molecule has 2 atom stereocenters. The van der Waals surface area contributed by atoms with E-state index < -0.39 is 0 Å². The Balaban J connectivity index is 1.85. The van der Waals surface area contributed by atoms with Crippen molar-refractivity contribution in [3.05, 3.63) is 12.4 Å². The summed E-state index contributed by atoms with van der Waals surface area (Å²) in [5.74, 6) is 0.0734. The molecule has 3 rings (SSSR count). The highest BCUT2D eigenvalue weighted by Crippen LogP contribution is 2.36. The van der Waals surface area contributed by atoms with Gasteiger partial charge in [0.25, 0.3) is 0 Å². The molecule has 2 aliphatic rings. The maximum absolute atomic E-state index is 12.3. The summed E-state index contributed by atoms with van der Waals surface area (Å²) >= 11 is 0. The molecule has 7 nitrogen and oxygen atoms in total. The lowest BCUT2D eigenvalue weighted by Crippen LogP contribution is -2.44. The second-order valence-electron chi connectivity index (χ2n) is 5.63. The van der Waals surface area contributed by atoms with Crippen LogP contribution in [-0.4, -0.2) is 64.2 Å². The van der Waals surface area contributed by atoms with Crippen LogP contribution in [0.2, 0.25) is 0 Å². The normalized spacial score (nSPS) is 25.2. The highest BCUT2D eigenvalue weighted by atomic mass is 16.2. The van der Waals surface area contributed by atoms with Gasteiger partial charge >= 0.3 is 6.03 Å². The Morgan fingerprint density at radius 3 is 2.75 bits per heavy atom. The Labute approximate surface area is 117 Å². The number of fused-ring (bicyclic) bond motifs is 1. The van der Waals surface area contributed by atoms with Crippen LogP contribution in [0.4, 0.5) is 10.5 Å². The number of likely N-dealkylation sites (tertiary alicyclic amines) is 1. The van der Waals surface area contributed by atoms with Crippen LogP contribution in [0.15, 0.2) is 12.4 Å². The van der Waals surface area contributed by atoms with E-state index in [1.165, 1.54) is 0 Å². The lowest BCUT2D eigenvalue weighted by molar-refractivity contribution is -0.117. The van der Waals surface area contributed by atoms with E-state index in [-0.39, 0.29) is 24.0 Å². The molecule has 2 fully saturated rings. The summed E-state index contributed by atoms with van der Waals surface area (Å²) in [7, 11) is 5.31. The molecule has 2 saturated heterocycles. The van der Waals surface area contributed by atoms with Gasteiger partial charge in [0, 0.05) is 40.3 Å². The fourth-order valence-corrected chi connectivity index (χ4v) is 3.21. The standard InChI is InChI=1S/C13H19N5O2/c1-15(2)13(20)17-5-4-10-11(17)6-12(19)18(10)9-7-14-16(3)8-9/h7-8,10-11H,4-6H2,1-3H3/t10-,11+/m1/s1. The van der Waals surface area contributed by atoms with Crippen LogP contribution in [0.5, 0.6) is 0 Å². The Bertz CT molecular complexity index is 553. The summed E-state index contributed by atoms with van der Waals surface area (Å²) in [5.41, 5.74) is 0.823. The number of nitrogens with zero attached hydrogens (tertiary/aromatic N) is 5. The summed E-state index contributed by atoms with van der Waals surface area (Å²) in [6, 6.07) is 0.0477. The third kappa shape index (κ3) is 1.85. The van der Waals surface area contributed by atoms with Crippen molar-refractivity contribution in [1.82, 2.24) is 19.6 Å². The fraction of sp³-hybridized carbons (Fsp3) is 0.615. The molecule has 3 amide bonds. The molecule has 0 unspecified atom stereocenters. The van der Waals surface area contributed by atoms with Crippen molar-refractivity contribution in [1.29, 1.82) is 0 Å². The van der Waals surface area contributed by atoms with Crippen molar-refractivity contribution in [3.63, 3.8) is 0 Å². The van der Waals surface area contributed by atoms with E-state index in [9.17, 15) is 9.59 Å². The first-order valence-corrected chi connectivity index (χ1v) is 6.77. The lowest BCUT2D eigenvalue weighted by Gasteiger charge is -2.27. The van der Waals surface area contributed by atoms with Gasteiger partial charge in [-0.05, 0) is 6.42 Å². The van der Waals surface area contributed by atoms with Gasteiger partial charge in [0.1, 0.15) is 0 Å². The van der Waals surface area contributed by atoms with Crippen molar-refractivity contribution < 1.29 is 9.59 Å². The minimum absolute atomic E-state index is 0.0154. The predicted octanol–water partition coefficient (Wildman–Crippen LogP) is 0.281. The SMILES string of the molecule is CN(C)C(=O)N1CC[C@@H]2[C@@H]1CC(=O)N2c1cnn(C)c1. The van der Waals surface area contributed by atoms with Gasteiger partial charge in [0.2, 0.25) is 5.91 Å². The van der Waals surface area contributed by atoms with Gasteiger partial charge < -0.3 is 14.7 Å². The average molecular weight is 277 g/mol. The van der Waals surface area contributed by atoms with E-state index in [2.05, 4.69) is 5.10 Å². The molecule has 2 aliphatic heterocycles. The van der Waals surface area contributed by atoms with Gasteiger partial charge in [0.05, 0.1) is 24.0 Å². The van der Waals surface area contributed by atoms with Crippen molar-refractivity contribution in [2.75, 3.05) is 25.5 Å².